The number of H-pyrrole nitrogens is 1. The molecule has 0 aliphatic carbocycles. The van der Waals surface area contributed by atoms with E-state index in [2.05, 4.69) is 15.6 Å². The summed E-state index contributed by atoms with van der Waals surface area (Å²) in [7, 11) is 0. The number of nitrogens with zero attached hydrogens (tertiary/aromatic N) is 2. The second-order valence-electron chi connectivity index (χ2n) is 7.52. The lowest BCUT2D eigenvalue weighted by Crippen LogP contribution is -2.56. The van der Waals surface area contributed by atoms with Gasteiger partial charge < -0.3 is 29.8 Å². The zero-order chi connectivity index (χ0) is 21.8. The maximum absolute atomic E-state index is 12.8. The predicted octanol–water partition coefficient (Wildman–Crippen LogP) is 1.93. The standard InChI is InChI=1S/C22H25N5O4/c1-15(20(28)23-14-17-6-4-12-31-17)24-22(30)27-10-8-26(9-11-27)21(29)19-13-16-5-2-3-7-18(16)25-19/h2-7,12-13,15,25H,8-11,14H2,1H3,(H,23,28)(H,24,30). The van der Waals surface area contributed by atoms with Crippen LogP contribution in [0.3, 0.4) is 0 Å². The smallest absolute Gasteiger partial charge is 0.318 e. The lowest BCUT2D eigenvalue weighted by atomic mass is 10.2. The number of piperazine rings is 1. The number of rotatable bonds is 5. The number of para-hydroxylation sites is 1. The molecule has 0 bridgehead atoms. The molecule has 3 heterocycles. The van der Waals surface area contributed by atoms with Crippen LogP contribution in [0.1, 0.15) is 23.2 Å². The molecule has 1 saturated heterocycles. The number of benzene rings is 1. The van der Waals surface area contributed by atoms with E-state index >= 15 is 0 Å². The first kappa shape index (κ1) is 20.5. The molecule has 4 amide bonds. The van der Waals surface area contributed by atoms with Crippen molar-refractivity contribution in [3.05, 3.63) is 60.2 Å². The molecule has 1 unspecified atom stereocenters. The van der Waals surface area contributed by atoms with Crippen LogP contribution < -0.4 is 10.6 Å². The maximum atomic E-state index is 12.8. The quantitative estimate of drug-likeness (QED) is 0.582. The molecule has 3 aromatic rings. The molecule has 1 atom stereocenters. The highest BCUT2D eigenvalue weighted by Crippen LogP contribution is 2.17. The number of aromatic amines is 1. The Morgan fingerprint density at radius 1 is 1.06 bits per heavy atom. The number of nitrogens with one attached hydrogen (secondary N) is 3. The van der Waals surface area contributed by atoms with Gasteiger partial charge in [-0.1, -0.05) is 18.2 Å². The molecule has 2 aromatic heterocycles. The lowest BCUT2D eigenvalue weighted by Gasteiger charge is -2.35. The lowest BCUT2D eigenvalue weighted by molar-refractivity contribution is -0.122. The molecule has 31 heavy (non-hydrogen) atoms. The average Bonchev–Trinajstić information content (AvgIpc) is 3.46. The second-order valence-corrected chi connectivity index (χ2v) is 7.52. The highest BCUT2D eigenvalue weighted by molar-refractivity contribution is 5.98. The molecule has 9 nitrogen and oxygen atoms in total. The summed E-state index contributed by atoms with van der Waals surface area (Å²) in [4.78, 5) is 44.0. The molecular weight excluding hydrogens is 398 g/mol. The van der Waals surface area contributed by atoms with Gasteiger partial charge >= 0.3 is 6.03 Å². The van der Waals surface area contributed by atoms with Gasteiger partial charge in [-0.3, -0.25) is 9.59 Å². The number of hydrogen-bond donors (Lipinski definition) is 3. The van der Waals surface area contributed by atoms with Gasteiger partial charge in [0.25, 0.3) is 5.91 Å². The van der Waals surface area contributed by atoms with Gasteiger partial charge in [-0.2, -0.15) is 0 Å². The summed E-state index contributed by atoms with van der Waals surface area (Å²) in [6.07, 6.45) is 1.54. The molecule has 1 aliphatic rings. The van der Waals surface area contributed by atoms with Crippen LogP contribution in [0, 0.1) is 0 Å². The summed E-state index contributed by atoms with van der Waals surface area (Å²) < 4.78 is 5.17. The minimum absolute atomic E-state index is 0.0815. The molecule has 1 aliphatic heterocycles. The van der Waals surface area contributed by atoms with Crippen molar-refractivity contribution in [2.75, 3.05) is 26.2 Å². The number of amides is 4. The first-order chi connectivity index (χ1) is 15.0. The maximum Gasteiger partial charge on any atom is 0.318 e. The van der Waals surface area contributed by atoms with Crippen LogP contribution in [0.15, 0.2) is 53.1 Å². The van der Waals surface area contributed by atoms with Crippen molar-refractivity contribution in [1.82, 2.24) is 25.4 Å². The Morgan fingerprint density at radius 2 is 1.81 bits per heavy atom. The van der Waals surface area contributed by atoms with Crippen LogP contribution in [0.25, 0.3) is 10.9 Å². The summed E-state index contributed by atoms with van der Waals surface area (Å²) in [6, 6.07) is 12.1. The van der Waals surface area contributed by atoms with Crippen LogP contribution in [-0.2, 0) is 11.3 Å². The van der Waals surface area contributed by atoms with Gasteiger partial charge in [-0.15, -0.1) is 0 Å². The third-order valence-corrected chi connectivity index (χ3v) is 5.36. The Labute approximate surface area is 179 Å². The molecule has 0 radical (unpaired) electrons. The molecule has 0 spiro atoms. The fourth-order valence-electron chi connectivity index (χ4n) is 3.55. The van der Waals surface area contributed by atoms with E-state index in [9.17, 15) is 14.4 Å². The normalized spacial score (nSPS) is 15.0. The SMILES string of the molecule is CC(NC(=O)N1CCN(C(=O)c2cc3ccccc3[nH]2)CC1)C(=O)NCc1ccco1. The minimum atomic E-state index is -0.687. The highest BCUT2D eigenvalue weighted by Gasteiger charge is 2.27. The first-order valence-electron chi connectivity index (χ1n) is 10.2. The van der Waals surface area contributed by atoms with Crippen molar-refractivity contribution in [2.24, 2.45) is 0 Å². The summed E-state index contributed by atoms with van der Waals surface area (Å²) in [6.45, 7) is 3.56. The number of urea groups is 1. The Balaban J connectivity index is 1.25. The van der Waals surface area contributed by atoms with E-state index in [0.717, 1.165) is 10.9 Å². The van der Waals surface area contributed by atoms with E-state index in [4.69, 9.17) is 4.42 Å². The van der Waals surface area contributed by atoms with Crippen molar-refractivity contribution in [1.29, 1.82) is 0 Å². The Hall–Kier alpha value is -3.75. The highest BCUT2D eigenvalue weighted by atomic mass is 16.3. The third-order valence-electron chi connectivity index (χ3n) is 5.36. The predicted molar refractivity (Wildman–Crippen MR) is 114 cm³/mol. The van der Waals surface area contributed by atoms with E-state index in [-0.39, 0.29) is 24.4 Å². The van der Waals surface area contributed by atoms with Gasteiger partial charge in [0, 0.05) is 37.1 Å². The minimum Gasteiger partial charge on any atom is -0.467 e. The number of hydrogen-bond acceptors (Lipinski definition) is 4. The number of furan rings is 1. The molecule has 1 fully saturated rings. The fourth-order valence-corrected chi connectivity index (χ4v) is 3.55. The van der Waals surface area contributed by atoms with Gasteiger partial charge in [0.2, 0.25) is 5.91 Å². The third kappa shape index (κ3) is 4.71. The van der Waals surface area contributed by atoms with E-state index in [0.29, 0.717) is 37.6 Å². The van der Waals surface area contributed by atoms with E-state index < -0.39 is 6.04 Å². The topological polar surface area (TPSA) is 111 Å². The van der Waals surface area contributed by atoms with Gasteiger partial charge in [-0.05, 0) is 31.2 Å². The van der Waals surface area contributed by atoms with Crippen LogP contribution in [0.2, 0.25) is 0 Å². The molecule has 9 heteroatoms. The number of aromatic nitrogens is 1. The monoisotopic (exact) mass is 423 g/mol. The van der Waals surface area contributed by atoms with Crippen LogP contribution in [0.4, 0.5) is 4.79 Å². The largest absolute Gasteiger partial charge is 0.467 e. The van der Waals surface area contributed by atoms with Crippen molar-refractivity contribution in [3.63, 3.8) is 0 Å². The molecule has 3 N–H and O–H groups in total. The van der Waals surface area contributed by atoms with E-state index in [1.807, 2.05) is 30.3 Å². The van der Waals surface area contributed by atoms with Crippen LogP contribution >= 0.6 is 0 Å². The van der Waals surface area contributed by atoms with Crippen molar-refractivity contribution >= 4 is 28.7 Å². The molecule has 1 aromatic carbocycles. The van der Waals surface area contributed by atoms with Gasteiger partial charge in [0.15, 0.2) is 0 Å². The van der Waals surface area contributed by atoms with Crippen molar-refractivity contribution < 1.29 is 18.8 Å². The number of carbonyl (C=O) groups is 3. The Bertz CT molecular complexity index is 1030. The first-order valence-corrected chi connectivity index (χ1v) is 10.2. The Kier molecular flexibility index (Phi) is 5.92. The van der Waals surface area contributed by atoms with Crippen molar-refractivity contribution in [2.45, 2.75) is 19.5 Å². The number of fused-ring (bicyclic) bond motifs is 1. The molecular formula is C22H25N5O4. The fraction of sp³-hybridized carbons (Fsp3) is 0.318. The Morgan fingerprint density at radius 3 is 2.52 bits per heavy atom. The summed E-state index contributed by atoms with van der Waals surface area (Å²) in [5, 5.41) is 6.42. The van der Waals surface area contributed by atoms with Crippen molar-refractivity contribution in [3.8, 4) is 0 Å². The number of carbonyl (C=O) groups excluding carboxylic acids is 3. The molecule has 162 valence electrons. The van der Waals surface area contributed by atoms with Gasteiger partial charge in [0.05, 0.1) is 12.8 Å². The summed E-state index contributed by atoms with van der Waals surface area (Å²) in [5.41, 5.74) is 1.46. The summed E-state index contributed by atoms with van der Waals surface area (Å²) >= 11 is 0. The molecule has 0 saturated carbocycles. The zero-order valence-corrected chi connectivity index (χ0v) is 17.3. The molecule has 4 rings (SSSR count). The van der Waals surface area contributed by atoms with E-state index in [1.165, 1.54) is 6.26 Å². The second kappa shape index (κ2) is 8.95. The van der Waals surface area contributed by atoms with Crippen LogP contribution in [-0.4, -0.2) is 64.9 Å². The van der Waals surface area contributed by atoms with E-state index in [1.54, 1.807) is 28.9 Å². The summed E-state index contributed by atoms with van der Waals surface area (Å²) in [5.74, 6) is 0.266. The van der Waals surface area contributed by atoms with Gasteiger partial charge in [0.1, 0.15) is 17.5 Å². The van der Waals surface area contributed by atoms with Gasteiger partial charge in [-0.25, -0.2) is 4.79 Å². The zero-order valence-electron chi connectivity index (χ0n) is 17.3. The van der Waals surface area contributed by atoms with Crippen LogP contribution in [0.5, 0.6) is 0 Å². The average molecular weight is 423 g/mol.